The quantitative estimate of drug-likeness (QED) is 0.320. The van der Waals surface area contributed by atoms with Crippen molar-refractivity contribution >= 4 is 0 Å². The zero-order chi connectivity index (χ0) is 27.4. The lowest BCUT2D eigenvalue weighted by Crippen LogP contribution is -2.42. The molecule has 0 amide bonds. The van der Waals surface area contributed by atoms with Crippen LogP contribution in [0.2, 0.25) is 0 Å². The van der Waals surface area contributed by atoms with E-state index in [0.29, 0.717) is 29.9 Å². The molecule has 1 aromatic rings. The Labute approximate surface area is 235 Å². The van der Waals surface area contributed by atoms with Crippen LogP contribution in [0.25, 0.3) is 0 Å². The molecular formula is C34H50F2O3. The predicted octanol–water partition coefficient (Wildman–Crippen LogP) is 9.21. The van der Waals surface area contributed by atoms with E-state index in [-0.39, 0.29) is 23.4 Å². The van der Waals surface area contributed by atoms with Gasteiger partial charge in [0.1, 0.15) is 0 Å². The first-order valence-electron chi connectivity index (χ1n) is 15.8. The van der Waals surface area contributed by atoms with E-state index < -0.39 is 11.6 Å². The van der Waals surface area contributed by atoms with Gasteiger partial charge in [-0.1, -0.05) is 32.1 Å². The first-order chi connectivity index (χ1) is 18.8. The van der Waals surface area contributed by atoms with Crippen LogP contribution in [0, 0.1) is 46.6 Å². The van der Waals surface area contributed by atoms with Gasteiger partial charge in [0.2, 0.25) is 5.82 Å². The van der Waals surface area contributed by atoms with E-state index in [4.69, 9.17) is 14.2 Å². The Bertz CT molecular complexity index is 941. The van der Waals surface area contributed by atoms with Crippen molar-refractivity contribution in [3.8, 4) is 5.75 Å². The molecule has 1 aromatic carbocycles. The number of ether oxygens (including phenoxy) is 3. The van der Waals surface area contributed by atoms with Crippen molar-refractivity contribution in [2.75, 3.05) is 19.8 Å². The molecule has 4 aliphatic rings. The number of hydrogen-bond acceptors (Lipinski definition) is 3. The van der Waals surface area contributed by atoms with E-state index >= 15 is 0 Å². The lowest BCUT2D eigenvalue weighted by Gasteiger charge is -2.42. The summed E-state index contributed by atoms with van der Waals surface area (Å²) in [6.07, 6.45) is 19.5. The van der Waals surface area contributed by atoms with Gasteiger partial charge in [-0.25, -0.2) is 4.39 Å². The van der Waals surface area contributed by atoms with Gasteiger partial charge in [-0.15, -0.1) is 0 Å². The Morgan fingerprint density at radius 1 is 0.744 bits per heavy atom. The van der Waals surface area contributed by atoms with Crippen LogP contribution in [0.15, 0.2) is 24.3 Å². The molecule has 0 spiro atoms. The second-order valence-corrected chi connectivity index (χ2v) is 13.7. The highest BCUT2D eigenvalue weighted by Crippen LogP contribution is 2.44. The summed E-state index contributed by atoms with van der Waals surface area (Å²) < 4.78 is 46.4. The summed E-state index contributed by atoms with van der Waals surface area (Å²) in [6.45, 7) is 8.18. The summed E-state index contributed by atoms with van der Waals surface area (Å²) >= 11 is 0. The average Bonchev–Trinajstić information content (AvgIpc) is 2.95. The molecule has 0 bridgehead atoms. The van der Waals surface area contributed by atoms with Crippen LogP contribution in [0.5, 0.6) is 5.75 Å². The molecule has 1 aliphatic heterocycles. The number of halogens is 2. The van der Waals surface area contributed by atoms with E-state index in [2.05, 4.69) is 26.0 Å². The first-order valence-corrected chi connectivity index (χ1v) is 15.8. The van der Waals surface area contributed by atoms with E-state index in [1.807, 2.05) is 0 Å². The normalized spacial score (nSPS) is 34.3. The van der Waals surface area contributed by atoms with Crippen LogP contribution < -0.4 is 4.74 Å². The monoisotopic (exact) mass is 544 g/mol. The Hall–Kier alpha value is -1.46. The van der Waals surface area contributed by atoms with Crippen molar-refractivity contribution < 1.29 is 23.0 Å². The number of rotatable bonds is 7. The molecule has 1 heterocycles. The summed E-state index contributed by atoms with van der Waals surface area (Å²) in [5.74, 6) is 2.20. The minimum Gasteiger partial charge on any atom is -0.491 e. The molecule has 0 unspecified atom stereocenters. The Morgan fingerprint density at radius 2 is 1.26 bits per heavy atom. The molecule has 0 atom stereocenters. The molecule has 1 saturated heterocycles. The van der Waals surface area contributed by atoms with Gasteiger partial charge in [0, 0.05) is 11.3 Å². The fourth-order valence-corrected chi connectivity index (χ4v) is 7.74. The van der Waals surface area contributed by atoms with Crippen LogP contribution in [-0.2, 0) is 9.47 Å². The molecule has 5 rings (SSSR count). The Kier molecular flexibility index (Phi) is 9.70. The topological polar surface area (TPSA) is 27.7 Å². The van der Waals surface area contributed by atoms with Crippen molar-refractivity contribution in [2.24, 2.45) is 35.0 Å². The lowest BCUT2D eigenvalue weighted by atomic mass is 9.69. The molecule has 39 heavy (non-hydrogen) atoms. The third kappa shape index (κ3) is 7.25. The highest BCUT2D eigenvalue weighted by molar-refractivity contribution is 5.33. The van der Waals surface area contributed by atoms with E-state index in [9.17, 15) is 8.78 Å². The molecule has 0 N–H and O–H groups in total. The largest absolute Gasteiger partial charge is 0.491 e. The fourth-order valence-electron chi connectivity index (χ4n) is 7.74. The molecule has 4 fully saturated rings. The van der Waals surface area contributed by atoms with Crippen LogP contribution in [-0.4, -0.2) is 26.1 Å². The zero-order valence-corrected chi connectivity index (χ0v) is 24.4. The fraction of sp³-hybridized carbons (Fsp3) is 0.765. The van der Waals surface area contributed by atoms with Gasteiger partial charge < -0.3 is 14.2 Å². The SMILES string of the molecule is CCOc1ccc(C2CCC(/C=C/C3CCC(C4CCC(C5OCC(C)(C)CO5)CC4)CC3)CC2)c(F)c1F. The highest BCUT2D eigenvalue weighted by Gasteiger charge is 2.37. The first kappa shape index (κ1) is 29.0. The van der Waals surface area contributed by atoms with Gasteiger partial charge in [-0.2, -0.15) is 4.39 Å². The number of hydrogen-bond donors (Lipinski definition) is 0. The standard InChI is InChI=1S/C34H50F2O3/c1-4-37-30-20-19-29(31(35)32(30)36)27-13-9-24(10-14-27)6-5-23-7-11-25(12-8-23)26-15-17-28(18-16-26)33-38-21-34(2,3)22-39-33/h5-6,19-20,23-28,33H,4,7-18,21-22H2,1-3H3/b6-5+. The maximum Gasteiger partial charge on any atom is 0.200 e. The lowest BCUT2D eigenvalue weighted by molar-refractivity contribution is -0.247. The minimum atomic E-state index is -0.837. The predicted molar refractivity (Wildman–Crippen MR) is 152 cm³/mol. The van der Waals surface area contributed by atoms with E-state index in [0.717, 1.165) is 50.7 Å². The molecular weight excluding hydrogens is 494 g/mol. The van der Waals surface area contributed by atoms with Crippen LogP contribution in [0.1, 0.15) is 109 Å². The van der Waals surface area contributed by atoms with Gasteiger partial charge in [-0.05, 0) is 125 Å². The van der Waals surface area contributed by atoms with Gasteiger partial charge in [0.05, 0.1) is 19.8 Å². The second-order valence-electron chi connectivity index (χ2n) is 13.7. The van der Waals surface area contributed by atoms with Gasteiger partial charge in [-0.3, -0.25) is 0 Å². The maximum absolute atomic E-state index is 14.7. The van der Waals surface area contributed by atoms with Crippen LogP contribution in [0.3, 0.4) is 0 Å². The van der Waals surface area contributed by atoms with Gasteiger partial charge in [0.25, 0.3) is 0 Å². The molecule has 3 nitrogen and oxygen atoms in total. The summed E-state index contributed by atoms with van der Waals surface area (Å²) in [5, 5.41) is 0. The maximum atomic E-state index is 14.7. The third-order valence-electron chi connectivity index (χ3n) is 10.2. The average molecular weight is 545 g/mol. The number of benzene rings is 1. The number of allylic oxidation sites excluding steroid dienone is 2. The van der Waals surface area contributed by atoms with E-state index in [1.165, 1.54) is 51.4 Å². The molecule has 0 aromatic heterocycles. The van der Waals surface area contributed by atoms with Gasteiger partial charge >= 0.3 is 0 Å². The molecule has 0 radical (unpaired) electrons. The minimum absolute atomic E-state index is 0.0191. The highest BCUT2D eigenvalue weighted by atomic mass is 19.2. The van der Waals surface area contributed by atoms with Crippen molar-refractivity contribution in [3.05, 3.63) is 41.5 Å². The smallest absolute Gasteiger partial charge is 0.200 e. The Balaban J connectivity index is 1.01. The van der Waals surface area contributed by atoms with Crippen LogP contribution in [0.4, 0.5) is 8.78 Å². The molecule has 5 heteroatoms. The Morgan fingerprint density at radius 3 is 1.82 bits per heavy atom. The summed E-state index contributed by atoms with van der Waals surface area (Å²) in [5.41, 5.74) is 0.672. The third-order valence-corrected chi connectivity index (χ3v) is 10.2. The van der Waals surface area contributed by atoms with Crippen molar-refractivity contribution in [2.45, 2.75) is 110 Å². The van der Waals surface area contributed by atoms with Crippen molar-refractivity contribution in [1.29, 1.82) is 0 Å². The summed E-state index contributed by atoms with van der Waals surface area (Å²) in [4.78, 5) is 0. The molecule has 218 valence electrons. The summed E-state index contributed by atoms with van der Waals surface area (Å²) in [6, 6.07) is 3.32. The zero-order valence-electron chi connectivity index (χ0n) is 24.4. The van der Waals surface area contributed by atoms with Crippen LogP contribution >= 0.6 is 0 Å². The molecule has 3 saturated carbocycles. The van der Waals surface area contributed by atoms with E-state index in [1.54, 1.807) is 19.1 Å². The van der Waals surface area contributed by atoms with Gasteiger partial charge in [0.15, 0.2) is 17.9 Å². The van der Waals surface area contributed by atoms with Crippen molar-refractivity contribution in [1.82, 2.24) is 0 Å². The second kappa shape index (κ2) is 13.0. The molecule has 3 aliphatic carbocycles. The van der Waals surface area contributed by atoms with Crippen molar-refractivity contribution in [3.63, 3.8) is 0 Å². The summed E-state index contributed by atoms with van der Waals surface area (Å²) in [7, 11) is 0.